The van der Waals surface area contributed by atoms with Crippen LogP contribution in [0.2, 0.25) is 0 Å². The molecule has 0 spiro atoms. The smallest absolute Gasteiger partial charge is 0.408 e. The van der Waals surface area contributed by atoms with Gasteiger partial charge in [0.25, 0.3) is 0 Å². The minimum atomic E-state index is -1.01. The zero-order chi connectivity index (χ0) is 16.5. The van der Waals surface area contributed by atoms with Gasteiger partial charge in [-0.15, -0.1) is 0 Å². The molecular weight excluding hydrogens is 282 g/mol. The molecule has 5 nitrogen and oxygen atoms in total. The van der Waals surface area contributed by atoms with Crippen LogP contribution >= 0.6 is 0 Å². The van der Waals surface area contributed by atoms with Gasteiger partial charge in [-0.25, -0.2) is 9.59 Å². The zero-order valence-electron chi connectivity index (χ0n) is 14.1. The number of nitrogens with one attached hydrogen (secondary N) is 1. The van der Waals surface area contributed by atoms with Gasteiger partial charge in [-0.05, 0) is 43.9 Å². The first-order chi connectivity index (χ1) is 10.4. The second kappa shape index (κ2) is 9.70. The summed E-state index contributed by atoms with van der Waals surface area (Å²) in [4.78, 5) is 23.0. The molecule has 128 valence electrons. The van der Waals surface area contributed by atoms with Crippen molar-refractivity contribution in [1.29, 1.82) is 0 Å². The molecule has 0 heterocycles. The van der Waals surface area contributed by atoms with Gasteiger partial charge in [-0.3, -0.25) is 0 Å². The van der Waals surface area contributed by atoms with Crippen LogP contribution in [0.1, 0.15) is 72.1 Å². The predicted molar refractivity (Wildman–Crippen MR) is 85.8 cm³/mol. The maximum atomic E-state index is 11.9. The highest BCUT2D eigenvalue weighted by Crippen LogP contribution is 2.29. The lowest BCUT2D eigenvalue weighted by atomic mass is 9.84. The predicted octanol–water partition coefficient (Wildman–Crippen LogP) is 3.96. The van der Waals surface area contributed by atoms with Gasteiger partial charge in [0.1, 0.15) is 12.1 Å². The van der Waals surface area contributed by atoms with E-state index in [9.17, 15) is 9.59 Å². The maximum Gasteiger partial charge on any atom is 0.408 e. The Bertz CT molecular complexity index is 349. The monoisotopic (exact) mass is 313 g/mol. The highest BCUT2D eigenvalue weighted by atomic mass is 16.6. The number of carbonyl (C=O) groups excluding carboxylic acids is 1. The molecule has 0 aromatic carbocycles. The molecule has 1 aliphatic carbocycles. The zero-order valence-corrected chi connectivity index (χ0v) is 14.1. The Kier molecular flexibility index (Phi) is 8.28. The van der Waals surface area contributed by atoms with Gasteiger partial charge in [-0.2, -0.15) is 0 Å². The van der Waals surface area contributed by atoms with Crippen LogP contribution in [-0.2, 0) is 9.53 Å². The molecule has 1 saturated carbocycles. The summed E-state index contributed by atoms with van der Waals surface area (Å²) in [7, 11) is 0. The topological polar surface area (TPSA) is 75.6 Å². The van der Waals surface area contributed by atoms with Crippen molar-refractivity contribution < 1.29 is 19.4 Å². The van der Waals surface area contributed by atoms with Crippen LogP contribution in [0.5, 0.6) is 0 Å². The van der Waals surface area contributed by atoms with Crippen molar-refractivity contribution in [2.75, 3.05) is 0 Å². The number of ether oxygens (including phenoxy) is 1. The first kappa shape index (κ1) is 18.8. The molecule has 0 radical (unpaired) electrons. The van der Waals surface area contributed by atoms with Crippen molar-refractivity contribution in [3.8, 4) is 0 Å². The van der Waals surface area contributed by atoms with Crippen molar-refractivity contribution in [2.45, 2.75) is 84.3 Å². The van der Waals surface area contributed by atoms with Crippen LogP contribution in [0.15, 0.2) is 0 Å². The molecule has 1 atom stereocenters. The maximum absolute atomic E-state index is 11.9. The normalized spacial score (nSPS) is 23.1. The molecule has 1 aliphatic rings. The Balaban J connectivity index is 2.31. The quantitative estimate of drug-likeness (QED) is 0.711. The summed E-state index contributed by atoms with van der Waals surface area (Å²) in [5, 5.41) is 11.6. The first-order valence-corrected chi connectivity index (χ1v) is 8.62. The van der Waals surface area contributed by atoms with E-state index in [1.54, 1.807) is 0 Å². The molecule has 0 aromatic rings. The van der Waals surface area contributed by atoms with E-state index in [0.717, 1.165) is 31.6 Å². The fraction of sp³-hybridized carbons (Fsp3) is 0.882. The third-order valence-corrected chi connectivity index (χ3v) is 4.33. The number of carboxylic acids is 1. The molecule has 0 unspecified atom stereocenters. The minimum Gasteiger partial charge on any atom is -0.480 e. The summed E-state index contributed by atoms with van der Waals surface area (Å²) in [5.41, 5.74) is 0. The van der Waals surface area contributed by atoms with Crippen LogP contribution in [0.3, 0.4) is 0 Å². The van der Waals surface area contributed by atoms with Crippen molar-refractivity contribution in [3.05, 3.63) is 0 Å². The molecule has 1 amide bonds. The fourth-order valence-electron chi connectivity index (χ4n) is 3.05. The number of alkyl carbamates (subject to hydrolysis) is 1. The summed E-state index contributed by atoms with van der Waals surface area (Å²) >= 11 is 0. The third kappa shape index (κ3) is 7.14. The number of hydrogen-bond acceptors (Lipinski definition) is 3. The minimum absolute atomic E-state index is 0.0635. The summed E-state index contributed by atoms with van der Waals surface area (Å²) in [6.45, 7) is 6.07. The summed E-state index contributed by atoms with van der Waals surface area (Å²) in [6, 6.07) is -0.867. The van der Waals surface area contributed by atoms with E-state index in [4.69, 9.17) is 9.84 Å². The molecule has 1 rings (SSSR count). The van der Waals surface area contributed by atoms with E-state index in [-0.39, 0.29) is 12.0 Å². The van der Waals surface area contributed by atoms with E-state index < -0.39 is 18.1 Å². The SMILES string of the molecule is CCCCC1CCC(OC(=O)N[C@@H](CC(C)C)C(=O)O)CC1. The summed E-state index contributed by atoms with van der Waals surface area (Å²) in [6.07, 6.45) is 7.51. The van der Waals surface area contributed by atoms with E-state index in [0.29, 0.717) is 6.42 Å². The van der Waals surface area contributed by atoms with Gasteiger partial charge in [-0.1, -0.05) is 40.0 Å². The number of rotatable bonds is 8. The molecule has 2 N–H and O–H groups in total. The Morgan fingerprint density at radius 3 is 2.36 bits per heavy atom. The summed E-state index contributed by atoms with van der Waals surface area (Å²) in [5.74, 6) is -0.0418. The molecular formula is C17H31NO4. The van der Waals surface area contributed by atoms with Gasteiger partial charge in [0.2, 0.25) is 0 Å². The number of unbranched alkanes of at least 4 members (excludes halogenated alkanes) is 1. The lowest BCUT2D eigenvalue weighted by Crippen LogP contribution is -2.43. The Labute approximate surface area is 133 Å². The highest BCUT2D eigenvalue weighted by molar-refractivity contribution is 5.79. The lowest BCUT2D eigenvalue weighted by Gasteiger charge is -2.28. The van der Waals surface area contributed by atoms with Crippen molar-refractivity contribution >= 4 is 12.1 Å². The van der Waals surface area contributed by atoms with Gasteiger partial charge >= 0.3 is 12.1 Å². The molecule has 0 saturated heterocycles. The van der Waals surface area contributed by atoms with Crippen molar-refractivity contribution in [2.24, 2.45) is 11.8 Å². The van der Waals surface area contributed by atoms with E-state index in [1.807, 2.05) is 13.8 Å². The van der Waals surface area contributed by atoms with Gasteiger partial charge in [0, 0.05) is 0 Å². The molecule has 22 heavy (non-hydrogen) atoms. The Morgan fingerprint density at radius 2 is 1.86 bits per heavy atom. The average Bonchev–Trinajstić information content (AvgIpc) is 2.45. The van der Waals surface area contributed by atoms with Gasteiger partial charge in [0.15, 0.2) is 0 Å². The van der Waals surface area contributed by atoms with Crippen LogP contribution in [0.25, 0.3) is 0 Å². The molecule has 1 fully saturated rings. The number of carboxylic acid groups (broad SMARTS) is 1. The molecule has 0 aliphatic heterocycles. The standard InChI is InChI=1S/C17H31NO4/c1-4-5-6-13-7-9-14(10-8-13)22-17(21)18-15(16(19)20)11-12(2)3/h12-15H,4-11H2,1-3H3,(H,18,21)(H,19,20)/t13?,14?,15-/m0/s1. The number of carbonyl (C=O) groups is 2. The average molecular weight is 313 g/mol. The van der Waals surface area contributed by atoms with Crippen LogP contribution in [0.4, 0.5) is 4.79 Å². The first-order valence-electron chi connectivity index (χ1n) is 8.62. The van der Waals surface area contributed by atoms with Crippen LogP contribution < -0.4 is 5.32 Å². The summed E-state index contributed by atoms with van der Waals surface area (Å²) < 4.78 is 5.39. The van der Waals surface area contributed by atoms with E-state index in [1.165, 1.54) is 19.3 Å². The number of amides is 1. The van der Waals surface area contributed by atoms with Crippen molar-refractivity contribution in [1.82, 2.24) is 5.32 Å². The second-order valence-electron chi connectivity index (χ2n) is 6.85. The van der Waals surface area contributed by atoms with Crippen LogP contribution in [0, 0.1) is 11.8 Å². The van der Waals surface area contributed by atoms with Crippen LogP contribution in [-0.4, -0.2) is 29.3 Å². The fourth-order valence-corrected chi connectivity index (χ4v) is 3.05. The Hall–Kier alpha value is -1.26. The van der Waals surface area contributed by atoms with Gasteiger partial charge in [0.05, 0.1) is 0 Å². The Morgan fingerprint density at radius 1 is 1.23 bits per heavy atom. The number of aliphatic carboxylic acids is 1. The second-order valence-corrected chi connectivity index (χ2v) is 6.85. The lowest BCUT2D eigenvalue weighted by molar-refractivity contribution is -0.139. The molecule has 0 aromatic heterocycles. The largest absolute Gasteiger partial charge is 0.480 e. The number of hydrogen-bond donors (Lipinski definition) is 2. The molecule has 5 heteroatoms. The van der Waals surface area contributed by atoms with Crippen molar-refractivity contribution in [3.63, 3.8) is 0 Å². The third-order valence-electron chi connectivity index (χ3n) is 4.33. The molecule has 0 bridgehead atoms. The van der Waals surface area contributed by atoms with Gasteiger partial charge < -0.3 is 15.2 Å². The van der Waals surface area contributed by atoms with E-state index in [2.05, 4.69) is 12.2 Å². The van der Waals surface area contributed by atoms with E-state index >= 15 is 0 Å². The highest BCUT2D eigenvalue weighted by Gasteiger charge is 2.26.